The predicted octanol–water partition coefficient (Wildman–Crippen LogP) is 1.68. The first kappa shape index (κ1) is 15.7. The van der Waals surface area contributed by atoms with Crippen LogP contribution in [0.5, 0.6) is 0 Å². The molecule has 1 aromatic heterocycles. The molecule has 3 N–H and O–H groups in total. The van der Waals surface area contributed by atoms with E-state index < -0.39 is 15.8 Å². The maximum absolute atomic E-state index is 13.1. The van der Waals surface area contributed by atoms with E-state index in [1.165, 1.54) is 29.5 Å². The van der Waals surface area contributed by atoms with Crippen LogP contribution in [0, 0.1) is 17.7 Å². The number of nitrogens with two attached hydrogens (primary N) is 1. The van der Waals surface area contributed by atoms with Gasteiger partial charge in [0, 0.05) is 17.0 Å². The first-order valence-electron chi connectivity index (χ1n) is 6.03. The van der Waals surface area contributed by atoms with E-state index >= 15 is 0 Å². The van der Waals surface area contributed by atoms with Crippen LogP contribution in [0.2, 0.25) is 0 Å². The molecule has 0 aliphatic carbocycles. The lowest BCUT2D eigenvalue weighted by Gasteiger charge is -2.06. The quantitative estimate of drug-likeness (QED) is 0.841. The molecule has 2 aromatic rings. The van der Waals surface area contributed by atoms with Gasteiger partial charge in [0.05, 0.1) is 11.4 Å². The molecule has 0 atom stereocenters. The fraction of sp³-hybridized carbons (Fsp3) is 0.143. The number of sulfonamides is 1. The van der Waals surface area contributed by atoms with Gasteiger partial charge in [-0.15, -0.1) is 11.3 Å². The van der Waals surface area contributed by atoms with Gasteiger partial charge in [-0.2, -0.15) is 0 Å². The molecule has 21 heavy (non-hydrogen) atoms. The Hall–Kier alpha value is -1.72. The van der Waals surface area contributed by atoms with Crippen LogP contribution in [-0.4, -0.2) is 15.0 Å². The predicted molar refractivity (Wildman–Crippen MR) is 80.7 cm³/mol. The Balaban J connectivity index is 2.14. The summed E-state index contributed by atoms with van der Waals surface area (Å²) in [6.07, 6.45) is 0. The smallest absolute Gasteiger partial charge is 0.241 e. The fourth-order valence-corrected chi connectivity index (χ4v) is 3.50. The highest BCUT2D eigenvalue weighted by Crippen LogP contribution is 2.17. The lowest BCUT2D eigenvalue weighted by molar-refractivity contribution is 0.578. The Morgan fingerprint density at radius 2 is 2.14 bits per heavy atom. The van der Waals surface area contributed by atoms with Crippen molar-refractivity contribution in [3.05, 3.63) is 52.0 Å². The fourth-order valence-electron chi connectivity index (χ4n) is 1.61. The van der Waals surface area contributed by atoms with E-state index in [0.29, 0.717) is 0 Å². The minimum atomic E-state index is -3.75. The summed E-state index contributed by atoms with van der Waals surface area (Å²) in [6.45, 7) is 0.343. The molecule has 0 fully saturated rings. The van der Waals surface area contributed by atoms with Crippen molar-refractivity contribution >= 4 is 21.4 Å². The highest BCUT2D eigenvalue weighted by atomic mass is 32.2. The lowest BCUT2D eigenvalue weighted by atomic mass is 10.2. The number of halogens is 1. The minimum absolute atomic E-state index is 0.102. The average molecular weight is 324 g/mol. The standard InChI is InChI=1S/C14H13FN2O2S2/c15-12-4-1-5-13(9-12)21(18,19)17-10-14-11(3-2-7-16)6-8-20-14/h1,4-6,8-9,17H,7,10,16H2. The van der Waals surface area contributed by atoms with Crippen LogP contribution in [0.1, 0.15) is 10.4 Å². The van der Waals surface area contributed by atoms with E-state index in [1.807, 2.05) is 5.38 Å². The van der Waals surface area contributed by atoms with E-state index in [0.717, 1.165) is 16.5 Å². The molecule has 0 spiro atoms. The molecule has 2 rings (SSSR count). The molecule has 0 amide bonds. The third-order valence-electron chi connectivity index (χ3n) is 2.60. The average Bonchev–Trinajstić information content (AvgIpc) is 2.90. The molecule has 110 valence electrons. The zero-order chi connectivity index (χ0) is 15.3. The Labute approximate surface area is 126 Å². The molecule has 1 heterocycles. The van der Waals surface area contributed by atoms with E-state index in [-0.39, 0.29) is 18.0 Å². The third kappa shape index (κ3) is 4.12. The van der Waals surface area contributed by atoms with Crippen molar-refractivity contribution in [3.8, 4) is 11.8 Å². The van der Waals surface area contributed by atoms with Crippen LogP contribution in [-0.2, 0) is 16.6 Å². The molecule has 7 heteroatoms. The summed E-state index contributed by atoms with van der Waals surface area (Å²) < 4.78 is 39.7. The number of nitrogens with one attached hydrogen (secondary N) is 1. The lowest BCUT2D eigenvalue weighted by Crippen LogP contribution is -2.23. The molecule has 0 aliphatic heterocycles. The van der Waals surface area contributed by atoms with Gasteiger partial charge in [0.1, 0.15) is 5.82 Å². The number of hydrogen-bond acceptors (Lipinski definition) is 4. The van der Waals surface area contributed by atoms with Crippen molar-refractivity contribution < 1.29 is 12.8 Å². The van der Waals surface area contributed by atoms with Gasteiger partial charge >= 0.3 is 0 Å². The van der Waals surface area contributed by atoms with Gasteiger partial charge in [0.25, 0.3) is 0 Å². The van der Waals surface area contributed by atoms with Crippen LogP contribution in [0.3, 0.4) is 0 Å². The van der Waals surface area contributed by atoms with Crippen molar-refractivity contribution in [2.45, 2.75) is 11.4 Å². The van der Waals surface area contributed by atoms with E-state index in [9.17, 15) is 12.8 Å². The van der Waals surface area contributed by atoms with E-state index in [2.05, 4.69) is 16.6 Å². The zero-order valence-electron chi connectivity index (χ0n) is 11.0. The highest BCUT2D eigenvalue weighted by Gasteiger charge is 2.15. The van der Waals surface area contributed by atoms with Gasteiger partial charge in [-0.1, -0.05) is 17.9 Å². The molecule has 0 aliphatic rings. The molecule has 0 radical (unpaired) electrons. The zero-order valence-corrected chi connectivity index (χ0v) is 12.6. The van der Waals surface area contributed by atoms with Crippen molar-refractivity contribution in [2.24, 2.45) is 5.73 Å². The summed E-state index contributed by atoms with van der Waals surface area (Å²) in [4.78, 5) is 0.685. The van der Waals surface area contributed by atoms with E-state index in [4.69, 9.17) is 5.73 Å². The number of rotatable bonds is 4. The van der Waals surface area contributed by atoms with Crippen LogP contribution >= 0.6 is 11.3 Å². The Morgan fingerprint density at radius 3 is 2.86 bits per heavy atom. The van der Waals surface area contributed by atoms with Gasteiger partial charge in [-0.05, 0) is 29.6 Å². The molecular formula is C14H13FN2O2S2. The second-order valence-electron chi connectivity index (χ2n) is 4.05. The molecule has 0 saturated carbocycles. The molecular weight excluding hydrogens is 311 g/mol. The maximum atomic E-state index is 13.1. The van der Waals surface area contributed by atoms with Crippen LogP contribution in [0.15, 0.2) is 40.6 Å². The summed E-state index contributed by atoms with van der Waals surface area (Å²) >= 11 is 1.39. The monoisotopic (exact) mass is 324 g/mol. The van der Waals surface area contributed by atoms with Gasteiger partial charge < -0.3 is 5.73 Å². The Bertz CT molecular complexity index is 789. The number of thiophene rings is 1. The largest absolute Gasteiger partial charge is 0.320 e. The summed E-state index contributed by atoms with van der Waals surface area (Å²) in [5.74, 6) is 5.01. The maximum Gasteiger partial charge on any atom is 0.241 e. The van der Waals surface area contributed by atoms with Crippen LogP contribution in [0.25, 0.3) is 0 Å². The molecule has 0 saturated heterocycles. The summed E-state index contributed by atoms with van der Waals surface area (Å²) in [5, 5.41) is 1.83. The first-order valence-corrected chi connectivity index (χ1v) is 8.40. The van der Waals surface area contributed by atoms with Crippen molar-refractivity contribution in [1.29, 1.82) is 0 Å². The second kappa shape index (κ2) is 6.83. The van der Waals surface area contributed by atoms with E-state index in [1.54, 1.807) is 6.07 Å². The van der Waals surface area contributed by atoms with Gasteiger partial charge in [-0.3, -0.25) is 0 Å². The summed E-state index contributed by atoms with van der Waals surface area (Å²) in [7, 11) is -3.75. The second-order valence-corrected chi connectivity index (χ2v) is 6.81. The van der Waals surface area contributed by atoms with Crippen molar-refractivity contribution in [3.63, 3.8) is 0 Å². The molecule has 1 aromatic carbocycles. The third-order valence-corrected chi connectivity index (χ3v) is 4.92. The van der Waals surface area contributed by atoms with Crippen molar-refractivity contribution in [1.82, 2.24) is 4.72 Å². The molecule has 0 bridgehead atoms. The molecule has 0 unspecified atom stereocenters. The number of benzene rings is 1. The van der Waals surface area contributed by atoms with Gasteiger partial charge in [0.2, 0.25) is 10.0 Å². The minimum Gasteiger partial charge on any atom is -0.320 e. The topological polar surface area (TPSA) is 72.2 Å². The van der Waals surface area contributed by atoms with Crippen LogP contribution < -0.4 is 10.5 Å². The summed E-state index contributed by atoms with van der Waals surface area (Å²) in [6, 6.07) is 6.67. The Kier molecular flexibility index (Phi) is 5.09. The van der Waals surface area contributed by atoms with Gasteiger partial charge in [-0.25, -0.2) is 17.5 Å². The molecule has 4 nitrogen and oxygen atoms in total. The normalized spacial score (nSPS) is 11.0. The Morgan fingerprint density at radius 1 is 1.33 bits per heavy atom. The van der Waals surface area contributed by atoms with Gasteiger partial charge in [0.15, 0.2) is 0 Å². The highest BCUT2D eigenvalue weighted by molar-refractivity contribution is 7.89. The first-order chi connectivity index (χ1) is 10.0. The van der Waals surface area contributed by atoms with Crippen molar-refractivity contribution in [2.75, 3.05) is 6.54 Å². The summed E-state index contributed by atoms with van der Waals surface area (Å²) in [5.41, 5.74) is 6.05. The SMILES string of the molecule is NCC#Cc1ccsc1CNS(=O)(=O)c1cccc(F)c1. The number of hydrogen-bond donors (Lipinski definition) is 2. The van der Waals surface area contributed by atoms with Crippen LogP contribution in [0.4, 0.5) is 4.39 Å².